The smallest absolute Gasteiger partial charge is 0.263 e. The molecule has 2 heterocycles. The zero-order chi connectivity index (χ0) is 21.8. The van der Waals surface area contributed by atoms with Crippen molar-refractivity contribution in [2.45, 2.75) is 26.7 Å². The quantitative estimate of drug-likeness (QED) is 0.580. The fraction of sp³-hybridized carbons (Fsp3) is 0.292. The Hall–Kier alpha value is -3.12. The van der Waals surface area contributed by atoms with Crippen LogP contribution < -0.4 is 15.0 Å². The van der Waals surface area contributed by atoms with Gasteiger partial charge >= 0.3 is 0 Å². The Labute approximate surface area is 187 Å². The summed E-state index contributed by atoms with van der Waals surface area (Å²) in [4.78, 5) is 23.8. The molecular formula is C24H25ClN4O2. The number of benzene rings is 2. The summed E-state index contributed by atoms with van der Waals surface area (Å²) in [7, 11) is 0. The van der Waals surface area contributed by atoms with Gasteiger partial charge in [0.15, 0.2) is 5.82 Å². The molecule has 3 aromatic rings. The SMILES string of the molecule is Cc1ccc(NC(=O)C2CCN(c3nccnc3Oc3ccccc3C)CC2)cc1Cl. The van der Waals surface area contributed by atoms with Crippen molar-refractivity contribution in [2.75, 3.05) is 23.3 Å². The van der Waals surface area contributed by atoms with E-state index in [0.717, 1.165) is 35.4 Å². The van der Waals surface area contributed by atoms with E-state index in [0.29, 0.717) is 29.8 Å². The van der Waals surface area contributed by atoms with Crippen molar-refractivity contribution in [1.82, 2.24) is 9.97 Å². The summed E-state index contributed by atoms with van der Waals surface area (Å²) in [6.07, 6.45) is 4.75. The minimum Gasteiger partial charge on any atom is -0.436 e. The van der Waals surface area contributed by atoms with Gasteiger partial charge in [-0.15, -0.1) is 0 Å². The van der Waals surface area contributed by atoms with Gasteiger partial charge < -0.3 is 15.0 Å². The van der Waals surface area contributed by atoms with Crippen LogP contribution in [0.1, 0.15) is 24.0 Å². The lowest BCUT2D eigenvalue weighted by Crippen LogP contribution is -2.38. The summed E-state index contributed by atoms with van der Waals surface area (Å²) in [5.74, 6) is 1.91. The summed E-state index contributed by atoms with van der Waals surface area (Å²) in [5, 5.41) is 3.64. The minimum atomic E-state index is -0.0614. The maximum Gasteiger partial charge on any atom is 0.263 e. The number of amides is 1. The molecule has 0 bridgehead atoms. The molecule has 160 valence electrons. The summed E-state index contributed by atoms with van der Waals surface area (Å²) < 4.78 is 6.06. The lowest BCUT2D eigenvalue weighted by atomic mass is 9.95. The number of aryl methyl sites for hydroxylation is 2. The molecule has 0 spiro atoms. The summed E-state index contributed by atoms with van der Waals surface area (Å²) in [5.41, 5.74) is 2.75. The van der Waals surface area contributed by atoms with Crippen molar-refractivity contribution in [2.24, 2.45) is 5.92 Å². The third-order valence-corrected chi connectivity index (χ3v) is 5.96. The number of carbonyl (C=O) groups excluding carboxylic acids is 1. The Balaban J connectivity index is 1.40. The van der Waals surface area contributed by atoms with E-state index in [2.05, 4.69) is 20.2 Å². The molecule has 4 rings (SSSR count). The Morgan fingerprint density at radius 3 is 2.55 bits per heavy atom. The highest BCUT2D eigenvalue weighted by Crippen LogP contribution is 2.32. The van der Waals surface area contributed by atoms with Gasteiger partial charge in [0.25, 0.3) is 5.88 Å². The van der Waals surface area contributed by atoms with Crippen LogP contribution in [0, 0.1) is 19.8 Å². The predicted octanol–water partition coefficient (Wildman–Crippen LogP) is 5.39. The molecule has 1 amide bonds. The Morgan fingerprint density at radius 2 is 1.81 bits per heavy atom. The number of hydrogen-bond acceptors (Lipinski definition) is 5. The number of nitrogens with one attached hydrogen (secondary N) is 1. The molecular weight excluding hydrogens is 412 g/mol. The number of aromatic nitrogens is 2. The average Bonchev–Trinajstić information content (AvgIpc) is 2.78. The lowest BCUT2D eigenvalue weighted by molar-refractivity contribution is -0.120. The fourth-order valence-corrected chi connectivity index (χ4v) is 3.83. The molecule has 7 heteroatoms. The number of piperidine rings is 1. The molecule has 1 aliphatic heterocycles. The van der Waals surface area contributed by atoms with Crippen molar-refractivity contribution < 1.29 is 9.53 Å². The third kappa shape index (κ3) is 4.97. The molecule has 1 saturated heterocycles. The first kappa shape index (κ1) is 21.1. The van der Waals surface area contributed by atoms with Crippen molar-refractivity contribution in [1.29, 1.82) is 0 Å². The number of anilines is 2. The van der Waals surface area contributed by atoms with E-state index in [-0.39, 0.29) is 11.8 Å². The molecule has 0 aliphatic carbocycles. The molecule has 0 radical (unpaired) electrons. The number of nitrogens with zero attached hydrogens (tertiary/aromatic N) is 3. The highest BCUT2D eigenvalue weighted by atomic mass is 35.5. The zero-order valence-corrected chi connectivity index (χ0v) is 18.4. The van der Waals surface area contributed by atoms with E-state index in [9.17, 15) is 4.79 Å². The standard InChI is InChI=1S/C24H25ClN4O2/c1-16-7-8-19(15-20(16)25)28-23(30)18-9-13-29(14-10-18)22-24(27-12-11-26-22)31-21-6-4-3-5-17(21)2/h3-8,11-12,15,18H,9-10,13-14H2,1-2H3,(H,28,30). The predicted molar refractivity (Wildman–Crippen MR) is 123 cm³/mol. The highest BCUT2D eigenvalue weighted by Gasteiger charge is 2.27. The van der Waals surface area contributed by atoms with Gasteiger partial charge in [0, 0.05) is 42.1 Å². The van der Waals surface area contributed by atoms with Gasteiger partial charge in [-0.3, -0.25) is 4.79 Å². The highest BCUT2D eigenvalue weighted by molar-refractivity contribution is 6.31. The zero-order valence-electron chi connectivity index (χ0n) is 17.6. The molecule has 0 unspecified atom stereocenters. The first-order chi connectivity index (χ1) is 15.0. The molecule has 31 heavy (non-hydrogen) atoms. The third-order valence-electron chi connectivity index (χ3n) is 5.55. The molecule has 1 aliphatic rings. The molecule has 1 N–H and O–H groups in total. The second-order valence-electron chi connectivity index (χ2n) is 7.77. The van der Waals surface area contributed by atoms with E-state index in [1.54, 1.807) is 18.5 Å². The van der Waals surface area contributed by atoms with E-state index in [1.807, 2.05) is 50.2 Å². The van der Waals surface area contributed by atoms with Crippen molar-refractivity contribution in [3.05, 3.63) is 71.0 Å². The molecule has 1 aromatic heterocycles. The second-order valence-corrected chi connectivity index (χ2v) is 8.17. The van der Waals surface area contributed by atoms with Gasteiger partial charge in [0.1, 0.15) is 5.75 Å². The van der Waals surface area contributed by atoms with E-state index < -0.39 is 0 Å². The van der Waals surface area contributed by atoms with Crippen LogP contribution in [0.15, 0.2) is 54.9 Å². The van der Waals surface area contributed by atoms with Crippen LogP contribution in [0.25, 0.3) is 0 Å². The topological polar surface area (TPSA) is 67.4 Å². The maximum atomic E-state index is 12.7. The van der Waals surface area contributed by atoms with Crippen LogP contribution in [0.3, 0.4) is 0 Å². The van der Waals surface area contributed by atoms with Gasteiger partial charge in [-0.1, -0.05) is 35.9 Å². The minimum absolute atomic E-state index is 0.0232. The van der Waals surface area contributed by atoms with Crippen molar-refractivity contribution in [3.8, 4) is 11.6 Å². The number of halogens is 1. The normalized spacial score (nSPS) is 14.4. The van der Waals surface area contributed by atoms with Crippen molar-refractivity contribution in [3.63, 3.8) is 0 Å². The average molecular weight is 437 g/mol. The first-order valence-corrected chi connectivity index (χ1v) is 10.8. The number of para-hydroxylation sites is 1. The van der Waals surface area contributed by atoms with Gasteiger partial charge in [-0.2, -0.15) is 0 Å². The van der Waals surface area contributed by atoms with Crippen LogP contribution in [0.5, 0.6) is 11.6 Å². The number of ether oxygens (including phenoxy) is 1. The van der Waals surface area contributed by atoms with Crippen LogP contribution in [0.2, 0.25) is 5.02 Å². The van der Waals surface area contributed by atoms with Crippen LogP contribution in [-0.4, -0.2) is 29.0 Å². The van der Waals surface area contributed by atoms with Gasteiger partial charge in [-0.05, 0) is 56.0 Å². The monoisotopic (exact) mass is 436 g/mol. The summed E-state index contributed by atoms with van der Waals surface area (Å²) >= 11 is 6.17. The van der Waals surface area contributed by atoms with Crippen molar-refractivity contribution >= 4 is 29.0 Å². The molecule has 6 nitrogen and oxygen atoms in total. The van der Waals surface area contributed by atoms with E-state index >= 15 is 0 Å². The fourth-order valence-electron chi connectivity index (χ4n) is 3.65. The first-order valence-electron chi connectivity index (χ1n) is 10.4. The second kappa shape index (κ2) is 9.35. The van der Waals surface area contributed by atoms with Gasteiger partial charge in [-0.25, -0.2) is 9.97 Å². The van der Waals surface area contributed by atoms with Gasteiger partial charge in [0.05, 0.1) is 0 Å². The van der Waals surface area contributed by atoms with Crippen LogP contribution in [-0.2, 0) is 4.79 Å². The largest absolute Gasteiger partial charge is 0.436 e. The lowest BCUT2D eigenvalue weighted by Gasteiger charge is -2.32. The number of hydrogen-bond donors (Lipinski definition) is 1. The maximum absolute atomic E-state index is 12.7. The molecule has 2 aromatic carbocycles. The van der Waals surface area contributed by atoms with Gasteiger partial charge in [0.2, 0.25) is 5.91 Å². The molecule has 0 saturated carbocycles. The Morgan fingerprint density at radius 1 is 1.06 bits per heavy atom. The summed E-state index contributed by atoms with van der Waals surface area (Å²) in [6.45, 7) is 5.34. The molecule has 1 fully saturated rings. The number of rotatable bonds is 5. The van der Waals surface area contributed by atoms with E-state index in [4.69, 9.17) is 16.3 Å². The Kier molecular flexibility index (Phi) is 6.37. The van der Waals surface area contributed by atoms with E-state index in [1.165, 1.54) is 0 Å². The van der Waals surface area contributed by atoms with Crippen LogP contribution in [0.4, 0.5) is 11.5 Å². The van der Waals surface area contributed by atoms with Crippen LogP contribution >= 0.6 is 11.6 Å². The Bertz CT molecular complexity index is 1080. The number of carbonyl (C=O) groups is 1. The summed E-state index contributed by atoms with van der Waals surface area (Å²) in [6, 6.07) is 13.4. The molecule has 0 atom stereocenters.